The summed E-state index contributed by atoms with van der Waals surface area (Å²) >= 11 is 0. The van der Waals surface area contributed by atoms with Gasteiger partial charge in [-0.15, -0.1) is 0 Å². The molecule has 0 aliphatic heterocycles. The lowest BCUT2D eigenvalue weighted by atomic mass is 9.86. The average molecular weight is 800 g/mol. The van der Waals surface area contributed by atoms with E-state index in [-0.39, 0.29) is 11.0 Å². The molecule has 61 heavy (non-hydrogen) atoms. The minimum atomic E-state index is -2.33. The second-order valence-electron chi connectivity index (χ2n) is 16.8. The zero-order valence-electron chi connectivity index (χ0n) is 41.3. The Labute approximate surface area is 368 Å². The highest BCUT2D eigenvalue weighted by Crippen LogP contribution is 2.43. The number of hydrogen-bond donors (Lipinski definition) is 0. The monoisotopic (exact) mass is 799 g/mol. The van der Waals surface area contributed by atoms with Crippen molar-refractivity contribution in [3.05, 3.63) is 192 Å². The van der Waals surface area contributed by atoms with E-state index in [1.54, 1.807) is 37.6 Å². The quantitative estimate of drug-likeness (QED) is 0.154. The van der Waals surface area contributed by atoms with Crippen LogP contribution >= 0.6 is 0 Å². The molecule has 0 bridgehead atoms. The SMILES string of the molecule is [2H]C([2H])([2H])c1ccc(-c2ccnc(-c3cc(-c4ccccc4)cc(-c4cccc5c4nc(-c4cc(C)cc(C)c4OC)n5-c4ccc(C([2H])([2H])[2H])cc4-c4ccc(C(C)(C)C)cc4)c3)c2)cc1. The highest BCUT2D eigenvalue weighted by molar-refractivity contribution is 5.98. The zero-order chi connectivity index (χ0) is 47.4. The van der Waals surface area contributed by atoms with Gasteiger partial charge in [-0.1, -0.05) is 135 Å². The largest absolute Gasteiger partial charge is 0.496 e. The highest BCUT2D eigenvalue weighted by atomic mass is 16.5. The predicted octanol–water partition coefficient (Wildman–Crippen LogP) is 15.0. The first-order chi connectivity index (χ1) is 31.9. The molecule has 0 radical (unpaired) electrons. The van der Waals surface area contributed by atoms with Crippen molar-refractivity contribution in [2.75, 3.05) is 7.11 Å². The van der Waals surface area contributed by atoms with Gasteiger partial charge in [0.1, 0.15) is 11.6 Å². The Morgan fingerprint density at radius 2 is 1.23 bits per heavy atom. The van der Waals surface area contributed by atoms with Crippen molar-refractivity contribution in [1.29, 1.82) is 0 Å². The molecule has 0 unspecified atom stereocenters. The number of rotatable bonds is 8. The molecule has 4 heteroatoms. The molecule has 9 rings (SSSR count). The summed E-state index contributed by atoms with van der Waals surface area (Å²) in [5.74, 6) is 1.35. The van der Waals surface area contributed by atoms with Gasteiger partial charge in [0.15, 0.2) is 0 Å². The van der Waals surface area contributed by atoms with E-state index in [4.69, 9.17) is 22.9 Å². The van der Waals surface area contributed by atoms with E-state index >= 15 is 0 Å². The van der Waals surface area contributed by atoms with Crippen LogP contribution in [0.4, 0.5) is 0 Å². The summed E-state index contributed by atoms with van der Waals surface area (Å²) in [6.45, 7) is 6.12. The Kier molecular flexibility index (Phi) is 8.52. The number of ether oxygens (including phenoxy) is 1. The lowest BCUT2D eigenvalue weighted by Gasteiger charge is -2.21. The number of aryl methyl sites for hydroxylation is 4. The van der Waals surface area contributed by atoms with Crippen molar-refractivity contribution in [3.8, 4) is 78.6 Å². The molecule has 0 aliphatic rings. The van der Waals surface area contributed by atoms with E-state index in [1.165, 1.54) is 5.56 Å². The second-order valence-corrected chi connectivity index (χ2v) is 16.8. The number of methoxy groups -OCH3 is 1. The first-order valence-electron chi connectivity index (χ1n) is 23.6. The third-order valence-corrected chi connectivity index (χ3v) is 11.5. The van der Waals surface area contributed by atoms with Gasteiger partial charge >= 0.3 is 0 Å². The molecule has 7 aromatic carbocycles. The molecule has 0 saturated carbocycles. The van der Waals surface area contributed by atoms with Crippen molar-refractivity contribution in [3.63, 3.8) is 0 Å². The van der Waals surface area contributed by atoms with Gasteiger partial charge in [0.05, 0.1) is 35.1 Å². The minimum Gasteiger partial charge on any atom is -0.496 e. The molecular weight excluding hydrogens is 743 g/mol. The van der Waals surface area contributed by atoms with Crippen LogP contribution in [0.25, 0.3) is 83.9 Å². The second kappa shape index (κ2) is 15.9. The number of imidazole rings is 1. The molecule has 2 heterocycles. The Balaban J connectivity index is 1.30. The van der Waals surface area contributed by atoms with E-state index in [0.717, 1.165) is 89.2 Å². The Morgan fingerprint density at radius 3 is 1.97 bits per heavy atom. The van der Waals surface area contributed by atoms with E-state index in [0.29, 0.717) is 17.1 Å². The fourth-order valence-electron chi connectivity index (χ4n) is 8.42. The van der Waals surface area contributed by atoms with Crippen molar-refractivity contribution >= 4 is 11.0 Å². The fourth-order valence-corrected chi connectivity index (χ4v) is 8.42. The molecule has 0 fully saturated rings. The first-order valence-corrected chi connectivity index (χ1v) is 20.6. The maximum Gasteiger partial charge on any atom is 0.149 e. The summed E-state index contributed by atoms with van der Waals surface area (Å²) in [6.07, 6.45) is 1.79. The maximum atomic E-state index is 8.44. The summed E-state index contributed by atoms with van der Waals surface area (Å²) in [5, 5.41) is 0. The topological polar surface area (TPSA) is 39.9 Å². The smallest absolute Gasteiger partial charge is 0.149 e. The van der Waals surface area contributed by atoms with Crippen molar-refractivity contribution in [2.24, 2.45) is 0 Å². The fraction of sp³-hybridized carbons (Fsp3) is 0.158. The Bertz CT molecular complexity index is 3290. The van der Waals surface area contributed by atoms with Crippen LogP contribution in [-0.2, 0) is 5.41 Å². The summed E-state index contributed by atoms with van der Waals surface area (Å²) in [7, 11) is 1.68. The van der Waals surface area contributed by atoms with Gasteiger partial charge in [0.2, 0.25) is 0 Å². The van der Waals surface area contributed by atoms with E-state index in [9.17, 15) is 0 Å². The molecule has 0 atom stereocenters. The zero-order valence-corrected chi connectivity index (χ0v) is 35.3. The molecule has 0 saturated heterocycles. The number of fused-ring (bicyclic) bond motifs is 1. The van der Waals surface area contributed by atoms with Crippen LogP contribution in [0.3, 0.4) is 0 Å². The van der Waals surface area contributed by atoms with Crippen LogP contribution in [0, 0.1) is 27.6 Å². The number of para-hydroxylation sites is 1. The van der Waals surface area contributed by atoms with Gasteiger partial charge in [0, 0.05) is 31.1 Å². The third-order valence-electron chi connectivity index (χ3n) is 11.5. The van der Waals surface area contributed by atoms with Gasteiger partial charge in [-0.05, 0) is 138 Å². The molecule has 4 nitrogen and oxygen atoms in total. The highest BCUT2D eigenvalue weighted by Gasteiger charge is 2.24. The lowest BCUT2D eigenvalue weighted by Crippen LogP contribution is -2.10. The van der Waals surface area contributed by atoms with Crippen LogP contribution in [-0.4, -0.2) is 21.6 Å². The molecule has 0 N–H and O–H groups in total. The van der Waals surface area contributed by atoms with Gasteiger partial charge < -0.3 is 4.74 Å². The van der Waals surface area contributed by atoms with E-state index in [2.05, 4.69) is 111 Å². The summed E-state index contributed by atoms with van der Waals surface area (Å²) in [4.78, 5) is 10.5. The first kappa shape index (κ1) is 32.8. The van der Waals surface area contributed by atoms with Crippen LogP contribution < -0.4 is 4.74 Å². The minimum absolute atomic E-state index is 0.0721. The molecule has 2 aromatic heterocycles. The van der Waals surface area contributed by atoms with E-state index in [1.807, 2.05) is 61.5 Å². The molecule has 0 amide bonds. The summed E-state index contributed by atoms with van der Waals surface area (Å²) in [5.41, 5.74) is 15.8. The molecule has 0 aliphatic carbocycles. The number of nitrogens with zero attached hydrogens (tertiary/aromatic N) is 3. The van der Waals surface area contributed by atoms with Gasteiger partial charge in [-0.2, -0.15) is 0 Å². The molecule has 300 valence electrons. The van der Waals surface area contributed by atoms with Gasteiger partial charge in [-0.3, -0.25) is 9.55 Å². The predicted molar refractivity (Wildman–Crippen MR) is 256 cm³/mol. The number of benzene rings is 7. The molecule has 0 spiro atoms. The molecule has 9 aromatic rings. The Morgan fingerprint density at radius 1 is 0.541 bits per heavy atom. The lowest BCUT2D eigenvalue weighted by molar-refractivity contribution is 0.413. The number of pyridine rings is 1. The number of aromatic nitrogens is 3. The van der Waals surface area contributed by atoms with Crippen molar-refractivity contribution in [2.45, 2.75) is 53.7 Å². The third kappa shape index (κ3) is 7.66. The average Bonchev–Trinajstić information content (AvgIpc) is 3.70. The van der Waals surface area contributed by atoms with Crippen LogP contribution in [0.2, 0.25) is 0 Å². The molecular formula is C57H51N3O. The van der Waals surface area contributed by atoms with Crippen LogP contribution in [0.5, 0.6) is 5.75 Å². The standard InChI is InChI=1S/C57H51N3O/c1-36-17-20-41(21-18-36)43-27-28-58-51(35-43)46-33-44(40-13-10-9-11-14-40)32-45(34-46)48-15-12-16-53-54(48)59-56(50-31-38(3)29-39(4)55(50)61-8)60(53)52-26-19-37(2)30-49(52)42-22-24-47(25-23-42)57(5,6)7/h9-35H,1-8H3/i1D3,2D3. The summed E-state index contributed by atoms with van der Waals surface area (Å²) < 4.78 is 57.2. The van der Waals surface area contributed by atoms with Crippen LogP contribution in [0.1, 0.15) is 56.8 Å². The van der Waals surface area contributed by atoms with Gasteiger partial charge in [-0.25, -0.2) is 4.98 Å². The van der Waals surface area contributed by atoms with Crippen molar-refractivity contribution < 1.29 is 13.0 Å². The summed E-state index contributed by atoms with van der Waals surface area (Å²) in [6, 6.07) is 51.9. The normalized spacial score (nSPS) is 13.5. The van der Waals surface area contributed by atoms with Crippen LogP contribution in [0.15, 0.2) is 164 Å². The maximum absolute atomic E-state index is 8.44. The Hall–Kier alpha value is -7.04. The van der Waals surface area contributed by atoms with Crippen molar-refractivity contribution in [1.82, 2.24) is 14.5 Å². The van der Waals surface area contributed by atoms with Gasteiger partial charge in [0.25, 0.3) is 0 Å². The number of hydrogen-bond acceptors (Lipinski definition) is 3. The van der Waals surface area contributed by atoms with E-state index < -0.39 is 13.7 Å².